The first-order valence-corrected chi connectivity index (χ1v) is 8.06. The van der Waals surface area contributed by atoms with Crippen LogP contribution in [0.4, 0.5) is 5.95 Å². The van der Waals surface area contributed by atoms with Crippen molar-refractivity contribution in [1.29, 1.82) is 0 Å². The van der Waals surface area contributed by atoms with Crippen LogP contribution in [0.15, 0.2) is 24.3 Å². The lowest BCUT2D eigenvalue weighted by molar-refractivity contribution is -0.630. The van der Waals surface area contributed by atoms with E-state index >= 15 is 0 Å². The third kappa shape index (κ3) is 3.97. The Morgan fingerprint density at radius 1 is 1.10 bits per heavy atom. The molecule has 2 rings (SSSR count). The molecule has 4 heteroatoms. The number of benzene rings is 1. The number of fused-ring (bicyclic) bond motifs is 1. The minimum atomic E-state index is 0.530. The Kier molecular flexibility index (Phi) is 6.05. The quantitative estimate of drug-likeness (QED) is 0.568. The number of ether oxygens (including phenoxy) is 1. The summed E-state index contributed by atoms with van der Waals surface area (Å²) in [5, 5.41) is 0. The van der Waals surface area contributed by atoms with E-state index in [-0.39, 0.29) is 0 Å². The summed E-state index contributed by atoms with van der Waals surface area (Å²) in [7, 11) is 1.99. The number of rotatable bonds is 9. The van der Waals surface area contributed by atoms with Gasteiger partial charge in [-0.15, -0.1) is 0 Å². The molecule has 0 aliphatic carbocycles. The highest BCUT2D eigenvalue weighted by atomic mass is 16.5. The van der Waals surface area contributed by atoms with Crippen molar-refractivity contribution in [1.82, 2.24) is 4.57 Å². The van der Waals surface area contributed by atoms with Gasteiger partial charge in [0.1, 0.15) is 11.0 Å². The number of hydrogen-bond donors (Lipinski definition) is 1. The lowest BCUT2D eigenvalue weighted by Gasteiger charge is -2.04. The van der Waals surface area contributed by atoms with Gasteiger partial charge in [0.2, 0.25) is 0 Å². The SMILES string of the molecule is CCCCCCCCOCn1c(N)[n+](C)c2ccccc21. The summed E-state index contributed by atoms with van der Waals surface area (Å²) in [6.45, 7) is 3.58. The molecule has 0 aliphatic rings. The number of hydrogen-bond acceptors (Lipinski definition) is 2. The molecule has 2 N–H and O–H groups in total. The van der Waals surface area contributed by atoms with E-state index in [1.807, 2.05) is 28.3 Å². The first-order chi connectivity index (χ1) is 10.3. The summed E-state index contributed by atoms with van der Waals surface area (Å²) < 4.78 is 9.84. The van der Waals surface area contributed by atoms with Crippen LogP contribution in [0, 0.1) is 0 Å². The lowest BCUT2D eigenvalue weighted by Crippen LogP contribution is -2.31. The second kappa shape index (κ2) is 8.03. The van der Waals surface area contributed by atoms with E-state index in [2.05, 4.69) is 19.1 Å². The molecule has 2 aromatic rings. The smallest absolute Gasteiger partial charge is 0.348 e. The van der Waals surface area contributed by atoms with Gasteiger partial charge in [-0.2, -0.15) is 0 Å². The van der Waals surface area contributed by atoms with Crippen molar-refractivity contribution in [3.05, 3.63) is 24.3 Å². The highest BCUT2D eigenvalue weighted by Crippen LogP contribution is 2.15. The zero-order valence-electron chi connectivity index (χ0n) is 13.3. The van der Waals surface area contributed by atoms with Gasteiger partial charge in [0.05, 0.1) is 13.7 Å². The minimum absolute atomic E-state index is 0.530. The Morgan fingerprint density at radius 3 is 2.62 bits per heavy atom. The summed E-state index contributed by atoms with van der Waals surface area (Å²) in [5.41, 5.74) is 8.42. The molecule has 0 atom stereocenters. The maximum absolute atomic E-state index is 6.16. The molecule has 0 radical (unpaired) electrons. The van der Waals surface area contributed by atoms with E-state index < -0.39 is 0 Å². The maximum Gasteiger partial charge on any atom is 0.357 e. The van der Waals surface area contributed by atoms with Crippen molar-refractivity contribution < 1.29 is 9.30 Å². The predicted octanol–water partition coefficient (Wildman–Crippen LogP) is 3.38. The molecule has 0 saturated carbocycles. The van der Waals surface area contributed by atoms with Gasteiger partial charge in [-0.1, -0.05) is 51.2 Å². The summed E-state index contributed by atoms with van der Waals surface area (Å²) >= 11 is 0. The van der Waals surface area contributed by atoms with Gasteiger partial charge < -0.3 is 4.74 Å². The molecule has 1 aromatic carbocycles. The van der Waals surface area contributed by atoms with Crippen LogP contribution in [0.25, 0.3) is 11.0 Å². The first-order valence-electron chi connectivity index (χ1n) is 8.06. The molecule has 4 nitrogen and oxygen atoms in total. The molecule has 0 spiro atoms. The Balaban J connectivity index is 1.80. The van der Waals surface area contributed by atoms with Crippen LogP contribution < -0.4 is 10.3 Å². The third-order valence-corrected chi connectivity index (χ3v) is 4.02. The van der Waals surface area contributed by atoms with Gasteiger partial charge in [0.15, 0.2) is 6.73 Å². The van der Waals surface area contributed by atoms with Crippen molar-refractivity contribution in [3.8, 4) is 0 Å². The standard InChI is InChI=1S/C17H27N3O/c1-3-4-5-6-7-10-13-21-14-20-16-12-9-8-11-15(16)19(2)17(20)18/h8-9,11-12,18H,3-7,10,13-14H2,1-2H3/p+1. The topological polar surface area (TPSA) is 44.1 Å². The fourth-order valence-electron chi connectivity index (χ4n) is 2.68. The number of unbranched alkanes of at least 4 members (excludes halogenated alkanes) is 5. The largest absolute Gasteiger partial charge is 0.357 e. The Morgan fingerprint density at radius 2 is 1.81 bits per heavy atom. The van der Waals surface area contributed by atoms with E-state index in [0.717, 1.165) is 30.0 Å². The van der Waals surface area contributed by atoms with Crippen molar-refractivity contribution >= 4 is 17.0 Å². The zero-order chi connectivity index (χ0) is 15.1. The van der Waals surface area contributed by atoms with Crippen molar-refractivity contribution in [2.24, 2.45) is 7.05 Å². The predicted molar refractivity (Wildman–Crippen MR) is 86.9 cm³/mol. The number of nitrogen functional groups attached to an aromatic ring is 1. The van der Waals surface area contributed by atoms with Crippen LogP contribution in [0.5, 0.6) is 0 Å². The number of imidazole rings is 1. The monoisotopic (exact) mass is 290 g/mol. The van der Waals surface area contributed by atoms with Crippen LogP contribution in [-0.2, 0) is 18.5 Å². The number of anilines is 1. The second-order valence-electron chi connectivity index (χ2n) is 5.64. The Labute approximate surface area is 127 Å². The molecular weight excluding hydrogens is 262 g/mol. The van der Waals surface area contributed by atoms with Gasteiger partial charge in [0, 0.05) is 0 Å². The van der Waals surface area contributed by atoms with Crippen molar-refractivity contribution in [2.45, 2.75) is 52.2 Å². The normalized spacial score (nSPS) is 11.3. The molecular formula is C17H28N3O+. The van der Waals surface area contributed by atoms with Gasteiger partial charge in [-0.3, -0.25) is 5.73 Å². The van der Waals surface area contributed by atoms with E-state index in [1.165, 1.54) is 32.1 Å². The van der Waals surface area contributed by atoms with Crippen LogP contribution in [0.2, 0.25) is 0 Å². The van der Waals surface area contributed by atoms with Crippen LogP contribution in [-0.4, -0.2) is 11.2 Å². The average molecular weight is 290 g/mol. The lowest BCUT2D eigenvalue weighted by atomic mass is 10.1. The number of aromatic nitrogens is 2. The summed E-state index contributed by atoms with van der Waals surface area (Å²) in [6.07, 6.45) is 7.71. The molecule has 0 fully saturated rings. The first kappa shape index (κ1) is 15.8. The van der Waals surface area contributed by atoms with Gasteiger partial charge >= 0.3 is 5.95 Å². The molecule has 1 aromatic heterocycles. The van der Waals surface area contributed by atoms with E-state index in [9.17, 15) is 0 Å². The van der Waals surface area contributed by atoms with Crippen LogP contribution >= 0.6 is 0 Å². The Bertz CT molecular complexity index is 562. The molecule has 0 saturated heterocycles. The van der Waals surface area contributed by atoms with Crippen molar-refractivity contribution in [3.63, 3.8) is 0 Å². The fourth-order valence-corrected chi connectivity index (χ4v) is 2.68. The van der Waals surface area contributed by atoms with Gasteiger partial charge in [-0.05, 0) is 18.6 Å². The average Bonchev–Trinajstić information content (AvgIpc) is 2.75. The minimum Gasteiger partial charge on any atom is -0.348 e. The van der Waals surface area contributed by atoms with Crippen molar-refractivity contribution in [2.75, 3.05) is 12.3 Å². The number of aryl methyl sites for hydroxylation is 1. The number of nitrogens with two attached hydrogens (primary N) is 1. The van der Waals surface area contributed by atoms with Crippen LogP contribution in [0.1, 0.15) is 45.4 Å². The fraction of sp³-hybridized carbons (Fsp3) is 0.588. The zero-order valence-corrected chi connectivity index (χ0v) is 13.3. The Hall–Kier alpha value is -1.55. The molecule has 0 amide bonds. The molecule has 21 heavy (non-hydrogen) atoms. The van der Waals surface area contributed by atoms with Gasteiger partial charge in [0.25, 0.3) is 0 Å². The number of nitrogens with zero attached hydrogens (tertiary/aromatic N) is 2. The summed E-state index contributed by atoms with van der Waals surface area (Å²) in [6, 6.07) is 8.23. The summed E-state index contributed by atoms with van der Waals surface area (Å²) in [4.78, 5) is 0. The molecule has 1 heterocycles. The highest BCUT2D eigenvalue weighted by Gasteiger charge is 2.17. The van der Waals surface area contributed by atoms with E-state index in [4.69, 9.17) is 10.5 Å². The second-order valence-corrected chi connectivity index (χ2v) is 5.64. The maximum atomic E-state index is 6.16. The highest BCUT2D eigenvalue weighted by molar-refractivity contribution is 5.73. The third-order valence-electron chi connectivity index (χ3n) is 4.02. The van der Waals surface area contributed by atoms with Gasteiger partial charge in [-0.25, -0.2) is 9.13 Å². The molecule has 0 unspecified atom stereocenters. The molecule has 0 aliphatic heterocycles. The molecule has 116 valence electrons. The van der Waals surface area contributed by atoms with E-state index in [1.54, 1.807) is 0 Å². The van der Waals surface area contributed by atoms with E-state index in [0.29, 0.717) is 6.73 Å². The summed E-state index contributed by atoms with van der Waals surface area (Å²) in [5.74, 6) is 0.735. The van der Waals surface area contributed by atoms with Crippen LogP contribution in [0.3, 0.4) is 0 Å². The number of para-hydroxylation sites is 2. The molecule has 0 bridgehead atoms.